The first-order valence-electron chi connectivity index (χ1n) is 9.77. The van der Waals surface area contributed by atoms with Gasteiger partial charge in [0.25, 0.3) is 11.8 Å². The number of nitrogens with zero attached hydrogens (tertiary/aromatic N) is 3. The van der Waals surface area contributed by atoms with E-state index in [1.54, 1.807) is 26.0 Å². The number of rotatable bonds is 6. The van der Waals surface area contributed by atoms with Gasteiger partial charge in [-0.25, -0.2) is 4.98 Å². The van der Waals surface area contributed by atoms with Crippen molar-refractivity contribution in [2.24, 2.45) is 0 Å². The van der Waals surface area contributed by atoms with Crippen molar-refractivity contribution in [1.82, 2.24) is 20.5 Å². The maximum absolute atomic E-state index is 14.8. The minimum atomic E-state index is -3.22. The average Bonchev–Trinajstić information content (AvgIpc) is 2.69. The van der Waals surface area contributed by atoms with Gasteiger partial charge >= 0.3 is 0 Å². The number of benzene rings is 2. The lowest BCUT2D eigenvalue weighted by Gasteiger charge is -2.20. The Morgan fingerprint density at radius 1 is 0.968 bits per heavy atom. The van der Waals surface area contributed by atoms with E-state index in [-0.39, 0.29) is 22.1 Å². The Labute approximate surface area is 184 Å². The van der Waals surface area contributed by atoms with Gasteiger partial charge in [-0.2, -0.15) is 8.78 Å². The molecular formula is C23H24F2N4OS. The molecule has 1 aromatic heterocycles. The van der Waals surface area contributed by atoms with Crippen LogP contribution in [-0.2, 0) is 5.92 Å². The molecule has 0 saturated heterocycles. The summed E-state index contributed by atoms with van der Waals surface area (Å²) in [6.07, 6.45) is 0. The fourth-order valence-corrected chi connectivity index (χ4v) is 4.11. The quantitative estimate of drug-likeness (QED) is 0.576. The fourth-order valence-electron chi connectivity index (χ4n) is 3.23. The summed E-state index contributed by atoms with van der Waals surface area (Å²) < 4.78 is 29.5. The Morgan fingerprint density at radius 2 is 1.61 bits per heavy atom. The molecule has 0 radical (unpaired) electrons. The molecule has 0 unspecified atom stereocenters. The maximum Gasteiger partial charge on any atom is 0.290 e. The second-order valence-corrected chi connectivity index (χ2v) is 8.62. The highest BCUT2D eigenvalue weighted by atomic mass is 32.2. The molecular weight excluding hydrogens is 418 g/mol. The number of carbonyl (C=O) groups excluding carboxylic acids is 1. The summed E-state index contributed by atoms with van der Waals surface area (Å²) in [5.41, 5.74) is 3.37. The standard InChI is InChI=1S/C23H24F2N4OS/c1-13-6-8-18(15(3)10-13)23(24,25)12-26-21(30)20-22(29-28-17(5)27-20)31-19-9-7-14(2)11-16(19)4/h6-11H,12H2,1-5H3,(H,26,30). The summed E-state index contributed by atoms with van der Waals surface area (Å²) in [6.45, 7) is 8.18. The number of carbonyl (C=O) groups is 1. The molecule has 5 nitrogen and oxygen atoms in total. The SMILES string of the molecule is Cc1ccc(Sc2nnc(C)nc2C(=O)NCC(F)(F)c2ccc(C)cc2C)c(C)c1. The van der Waals surface area contributed by atoms with Crippen LogP contribution in [-0.4, -0.2) is 27.6 Å². The summed E-state index contributed by atoms with van der Waals surface area (Å²) in [7, 11) is 0. The van der Waals surface area contributed by atoms with Gasteiger partial charge in [0.1, 0.15) is 5.82 Å². The molecule has 0 spiro atoms. The highest BCUT2D eigenvalue weighted by Gasteiger charge is 2.34. The van der Waals surface area contributed by atoms with E-state index < -0.39 is 18.4 Å². The van der Waals surface area contributed by atoms with Gasteiger partial charge < -0.3 is 5.32 Å². The zero-order valence-electron chi connectivity index (χ0n) is 18.1. The van der Waals surface area contributed by atoms with Crippen molar-refractivity contribution in [1.29, 1.82) is 0 Å². The predicted octanol–water partition coefficient (Wildman–Crippen LogP) is 5.09. The van der Waals surface area contributed by atoms with Crippen molar-refractivity contribution < 1.29 is 13.6 Å². The van der Waals surface area contributed by atoms with Gasteiger partial charge in [0.15, 0.2) is 10.7 Å². The van der Waals surface area contributed by atoms with Crippen molar-refractivity contribution in [2.75, 3.05) is 6.54 Å². The molecule has 3 rings (SSSR count). The number of alkyl halides is 2. The van der Waals surface area contributed by atoms with Crippen LogP contribution < -0.4 is 5.32 Å². The van der Waals surface area contributed by atoms with Crippen LogP contribution in [0.1, 0.15) is 44.1 Å². The van der Waals surface area contributed by atoms with Gasteiger partial charge in [-0.05, 0) is 51.8 Å². The van der Waals surface area contributed by atoms with Gasteiger partial charge in [0.2, 0.25) is 0 Å². The molecule has 0 atom stereocenters. The summed E-state index contributed by atoms with van der Waals surface area (Å²) in [5.74, 6) is -3.64. The zero-order valence-corrected chi connectivity index (χ0v) is 18.9. The maximum atomic E-state index is 14.8. The molecule has 162 valence electrons. The molecule has 0 aliphatic heterocycles. The molecule has 1 amide bonds. The number of nitrogens with one attached hydrogen (secondary N) is 1. The third-order valence-electron chi connectivity index (χ3n) is 4.76. The summed E-state index contributed by atoms with van der Waals surface area (Å²) in [4.78, 5) is 17.8. The van der Waals surface area contributed by atoms with Crippen LogP contribution >= 0.6 is 11.8 Å². The van der Waals surface area contributed by atoms with Gasteiger partial charge in [-0.3, -0.25) is 4.79 Å². The Kier molecular flexibility index (Phi) is 6.69. The molecule has 1 heterocycles. The molecule has 8 heteroatoms. The first-order chi connectivity index (χ1) is 14.6. The molecule has 2 aromatic carbocycles. The van der Waals surface area contributed by atoms with E-state index in [0.717, 1.165) is 21.6 Å². The van der Waals surface area contributed by atoms with Gasteiger partial charge in [-0.15, -0.1) is 10.2 Å². The minimum Gasteiger partial charge on any atom is -0.344 e. The number of amides is 1. The molecule has 0 bridgehead atoms. The van der Waals surface area contributed by atoms with Gasteiger partial charge in [-0.1, -0.05) is 53.2 Å². The highest BCUT2D eigenvalue weighted by molar-refractivity contribution is 7.99. The second kappa shape index (κ2) is 9.09. The third-order valence-corrected chi connectivity index (χ3v) is 5.91. The van der Waals surface area contributed by atoms with E-state index in [9.17, 15) is 13.6 Å². The Morgan fingerprint density at radius 3 is 2.26 bits per heavy atom. The lowest BCUT2D eigenvalue weighted by atomic mass is 10.0. The normalized spacial score (nSPS) is 11.5. The van der Waals surface area contributed by atoms with E-state index in [0.29, 0.717) is 5.56 Å². The van der Waals surface area contributed by atoms with Gasteiger partial charge in [0.05, 0.1) is 6.54 Å². The molecule has 3 aromatic rings. The van der Waals surface area contributed by atoms with Crippen LogP contribution in [0.3, 0.4) is 0 Å². The van der Waals surface area contributed by atoms with Gasteiger partial charge in [0, 0.05) is 10.5 Å². The summed E-state index contributed by atoms with van der Waals surface area (Å²) in [6, 6.07) is 10.6. The molecule has 0 fully saturated rings. The minimum absolute atomic E-state index is 0.0195. The van der Waals surface area contributed by atoms with Crippen molar-refractivity contribution in [3.8, 4) is 0 Å². The first-order valence-corrected chi connectivity index (χ1v) is 10.6. The summed E-state index contributed by atoms with van der Waals surface area (Å²) >= 11 is 1.24. The first kappa shape index (κ1) is 22.8. The lowest BCUT2D eigenvalue weighted by Crippen LogP contribution is -2.36. The number of hydrogen-bond acceptors (Lipinski definition) is 5. The van der Waals surface area contributed by atoms with Crippen molar-refractivity contribution >= 4 is 17.7 Å². The van der Waals surface area contributed by atoms with E-state index in [1.807, 2.05) is 39.0 Å². The molecule has 0 aliphatic carbocycles. The number of aromatic nitrogens is 3. The second-order valence-electron chi connectivity index (χ2n) is 7.59. The van der Waals surface area contributed by atoms with Crippen LogP contribution in [0.25, 0.3) is 0 Å². The largest absolute Gasteiger partial charge is 0.344 e. The van der Waals surface area contributed by atoms with E-state index in [1.165, 1.54) is 17.8 Å². The number of halogens is 2. The smallest absolute Gasteiger partial charge is 0.290 e. The molecule has 0 aliphatic rings. The topological polar surface area (TPSA) is 67.8 Å². The monoisotopic (exact) mass is 442 g/mol. The van der Waals surface area contributed by atoms with Crippen LogP contribution in [0.2, 0.25) is 0 Å². The average molecular weight is 443 g/mol. The molecule has 1 N–H and O–H groups in total. The Bertz CT molecular complexity index is 1130. The Balaban J connectivity index is 1.82. The summed E-state index contributed by atoms with van der Waals surface area (Å²) in [5, 5.41) is 10.6. The van der Waals surface area contributed by atoms with Crippen molar-refractivity contribution in [2.45, 2.75) is 50.5 Å². The lowest BCUT2D eigenvalue weighted by molar-refractivity contribution is -0.00316. The third kappa shape index (κ3) is 5.44. The highest BCUT2D eigenvalue weighted by Crippen LogP contribution is 2.32. The molecule has 31 heavy (non-hydrogen) atoms. The zero-order chi connectivity index (χ0) is 22.8. The van der Waals surface area contributed by atoms with Crippen LogP contribution in [0.15, 0.2) is 46.3 Å². The predicted molar refractivity (Wildman–Crippen MR) is 117 cm³/mol. The fraction of sp³-hybridized carbons (Fsp3) is 0.304. The van der Waals surface area contributed by atoms with E-state index >= 15 is 0 Å². The van der Waals surface area contributed by atoms with Crippen molar-refractivity contribution in [3.63, 3.8) is 0 Å². The van der Waals surface area contributed by atoms with Crippen LogP contribution in [0.5, 0.6) is 0 Å². The van der Waals surface area contributed by atoms with Crippen LogP contribution in [0, 0.1) is 34.6 Å². The van der Waals surface area contributed by atoms with Crippen molar-refractivity contribution in [3.05, 3.63) is 75.7 Å². The van der Waals surface area contributed by atoms with E-state index in [4.69, 9.17) is 0 Å². The Hall–Kier alpha value is -2.87. The number of aryl methyl sites for hydroxylation is 5. The molecule has 0 saturated carbocycles. The number of hydrogen-bond donors (Lipinski definition) is 1. The van der Waals surface area contributed by atoms with E-state index in [2.05, 4.69) is 20.5 Å². The van der Waals surface area contributed by atoms with Crippen LogP contribution in [0.4, 0.5) is 8.78 Å².